The molecule has 142 valence electrons. The third-order valence-corrected chi connectivity index (χ3v) is 6.47. The molecule has 26 heavy (non-hydrogen) atoms. The molecule has 1 aliphatic heterocycles. The molecule has 1 fully saturated rings. The highest BCUT2D eigenvalue weighted by atomic mass is 32.2. The number of hydrogen-bond donors (Lipinski definition) is 0. The summed E-state index contributed by atoms with van der Waals surface area (Å²) in [4.78, 5) is 4.91. The quantitative estimate of drug-likeness (QED) is 0.744. The van der Waals surface area contributed by atoms with Crippen molar-refractivity contribution in [1.29, 1.82) is 0 Å². The second-order valence-corrected chi connectivity index (χ2v) is 8.82. The van der Waals surface area contributed by atoms with Gasteiger partial charge in [0.15, 0.2) is 21.5 Å². The van der Waals surface area contributed by atoms with Gasteiger partial charge in [0.05, 0.1) is 10.9 Å². The van der Waals surface area contributed by atoms with E-state index in [-0.39, 0.29) is 16.8 Å². The van der Waals surface area contributed by atoms with Crippen LogP contribution in [0.3, 0.4) is 0 Å². The van der Waals surface area contributed by atoms with Crippen molar-refractivity contribution in [2.45, 2.75) is 37.1 Å². The number of hydrogen-bond acceptors (Lipinski definition) is 7. The van der Waals surface area contributed by atoms with Crippen molar-refractivity contribution in [3.8, 4) is 0 Å². The number of rotatable bonds is 6. The molecule has 3 rings (SSSR count). The Labute approximate surface area is 154 Å². The third-order valence-electron chi connectivity index (χ3n) is 4.90. The van der Waals surface area contributed by atoms with Gasteiger partial charge in [0.25, 0.3) is 0 Å². The molecule has 0 spiro atoms. The van der Waals surface area contributed by atoms with Crippen LogP contribution in [0.25, 0.3) is 0 Å². The van der Waals surface area contributed by atoms with E-state index in [4.69, 9.17) is 0 Å². The highest BCUT2D eigenvalue weighted by Gasteiger charge is 2.28. The van der Waals surface area contributed by atoms with Crippen LogP contribution in [-0.4, -0.2) is 71.7 Å². The second kappa shape index (κ2) is 7.81. The molecule has 1 unspecified atom stereocenters. The van der Waals surface area contributed by atoms with E-state index < -0.39 is 9.84 Å². The molecular weight excluding hydrogens is 352 g/mol. The van der Waals surface area contributed by atoms with Crippen molar-refractivity contribution in [3.05, 3.63) is 35.7 Å². The monoisotopic (exact) mass is 378 g/mol. The molecule has 0 N–H and O–H groups in total. The number of likely N-dealkylation sites (N-methyl/N-ethyl adjacent to an activating group) is 1. The second-order valence-electron chi connectivity index (χ2n) is 6.86. The highest BCUT2D eigenvalue weighted by molar-refractivity contribution is 7.90. The Kier molecular flexibility index (Phi) is 5.69. The van der Waals surface area contributed by atoms with Crippen LogP contribution in [0.1, 0.15) is 30.8 Å². The number of nitrogens with zero attached hydrogens (tertiary/aromatic N) is 6. The van der Waals surface area contributed by atoms with Crippen LogP contribution in [0.4, 0.5) is 0 Å². The van der Waals surface area contributed by atoms with Gasteiger partial charge in [-0.3, -0.25) is 4.90 Å². The molecular formula is C17H26N6O2S. The Morgan fingerprint density at radius 3 is 2.38 bits per heavy atom. The summed E-state index contributed by atoms with van der Waals surface area (Å²) >= 11 is 0. The summed E-state index contributed by atoms with van der Waals surface area (Å²) in [7, 11) is -1.40. The maximum atomic E-state index is 12.8. The molecule has 9 heteroatoms. The average Bonchev–Trinajstić information content (AvgIpc) is 3.05. The van der Waals surface area contributed by atoms with Crippen molar-refractivity contribution in [2.75, 3.05) is 33.2 Å². The largest absolute Gasteiger partial charge is 0.304 e. The SMILES string of the molecule is CCC(c1nnnn1CS(=O)(=O)c1ccc(C)cc1)N1CCN(C)CC1. The minimum atomic E-state index is -3.51. The van der Waals surface area contributed by atoms with E-state index in [2.05, 4.69) is 39.3 Å². The lowest BCUT2D eigenvalue weighted by Gasteiger charge is -2.36. The smallest absolute Gasteiger partial charge is 0.198 e. The molecule has 8 nitrogen and oxygen atoms in total. The average molecular weight is 379 g/mol. The van der Waals surface area contributed by atoms with Crippen molar-refractivity contribution in [2.24, 2.45) is 0 Å². The van der Waals surface area contributed by atoms with Gasteiger partial charge in [-0.25, -0.2) is 13.1 Å². The van der Waals surface area contributed by atoms with Gasteiger partial charge in [-0.05, 0) is 43.0 Å². The maximum absolute atomic E-state index is 12.8. The fourth-order valence-corrected chi connectivity index (χ4v) is 4.47. The number of aryl methyl sites for hydroxylation is 1. The van der Waals surface area contributed by atoms with E-state index in [9.17, 15) is 8.42 Å². The molecule has 2 aromatic rings. The fourth-order valence-electron chi connectivity index (χ4n) is 3.26. The zero-order chi connectivity index (χ0) is 18.7. The lowest BCUT2D eigenvalue weighted by Crippen LogP contribution is -2.46. The summed E-state index contributed by atoms with van der Waals surface area (Å²) in [5.41, 5.74) is 1.02. The number of sulfone groups is 1. The standard InChI is InChI=1S/C17H26N6O2S/c1-4-16(22-11-9-21(3)10-12-22)17-18-19-20-23(17)13-26(24,25)15-7-5-14(2)6-8-15/h5-8,16H,4,9-13H2,1-3H3. The maximum Gasteiger partial charge on any atom is 0.198 e. The van der Waals surface area contributed by atoms with Gasteiger partial charge in [-0.15, -0.1) is 5.10 Å². The van der Waals surface area contributed by atoms with Crippen LogP contribution in [-0.2, 0) is 15.7 Å². The molecule has 0 aliphatic carbocycles. The Morgan fingerprint density at radius 2 is 1.77 bits per heavy atom. The first kappa shape index (κ1) is 18.9. The summed E-state index contributed by atoms with van der Waals surface area (Å²) in [6.45, 7) is 7.83. The lowest BCUT2D eigenvalue weighted by atomic mass is 10.1. The van der Waals surface area contributed by atoms with Gasteiger partial charge in [-0.2, -0.15) is 0 Å². The van der Waals surface area contributed by atoms with E-state index in [0.717, 1.165) is 38.2 Å². The van der Waals surface area contributed by atoms with Crippen LogP contribution >= 0.6 is 0 Å². The molecule has 2 heterocycles. The predicted octanol–water partition coefficient (Wildman–Crippen LogP) is 1.11. The normalized spacial score (nSPS) is 18.1. The topological polar surface area (TPSA) is 84.2 Å². The molecule has 1 saturated heterocycles. The molecule has 1 atom stereocenters. The highest BCUT2D eigenvalue weighted by Crippen LogP contribution is 2.24. The Bertz CT molecular complexity index is 825. The minimum Gasteiger partial charge on any atom is -0.304 e. The van der Waals surface area contributed by atoms with Crippen LogP contribution < -0.4 is 0 Å². The first-order chi connectivity index (χ1) is 12.4. The van der Waals surface area contributed by atoms with Crippen LogP contribution in [0.15, 0.2) is 29.2 Å². The predicted molar refractivity (Wildman–Crippen MR) is 98.3 cm³/mol. The van der Waals surface area contributed by atoms with E-state index in [0.29, 0.717) is 5.82 Å². The zero-order valence-electron chi connectivity index (χ0n) is 15.5. The van der Waals surface area contributed by atoms with Crippen molar-refractivity contribution >= 4 is 9.84 Å². The summed E-state index contributed by atoms with van der Waals surface area (Å²) < 4.78 is 26.9. The van der Waals surface area contributed by atoms with Gasteiger partial charge in [0, 0.05) is 26.2 Å². The zero-order valence-corrected chi connectivity index (χ0v) is 16.4. The lowest BCUT2D eigenvalue weighted by molar-refractivity contribution is 0.103. The molecule has 0 saturated carbocycles. The number of tetrazole rings is 1. The van der Waals surface area contributed by atoms with Crippen LogP contribution in [0.2, 0.25) is 0 Å². The Balaban J connectivity index is 1.82. The van der Waals surface area contributed by atoms with Crippen molar-refractivity contribution in [1.82, 2.24) is 30.0 Å². The van der Waals surface area contributed by atoms with Gasteiger partial charge in [0.2, 0.25) is 0 Å². The molecule has 1 aromatic heterocycles. The number of benzene rings is 1. The molecule has 1 aliphatic rings. The first-order valence-electron chi connectivity index (χ1n) is 8.89. The van der Waals surface area contributed by atoms with Crippen molar-refractivity contribution in [3.63, 3.8) is 0 Å². The molecule has 0 bridgehead atoms. The van der Waals surface area contributed by atoms with Gasteiger partial charge in [-0.1, -0.05) is 24.6 Å². The molecule has 1 aromatic carbocycles. The van der Waals surface area contributed by atoms with Gasteiger partial charge in [0.1, 0.15) is 0 Å². The van der Waals surface area contributed by atoms with E-state index in [1.807, 2.05) is 6.92 Å². The fraction of sp³-hybridized carbons (Fsp3) is 0.588. The Morgan fingerprint density at radius 1 is 1.12 bits per heavy atom. The Hall–Kier alpha value is -1.84. The molecule has 0 radical (unpaired) electrons. The van der Waals surface area contributed by atoms with Crippen molar-refractivity contribution < 1.29 is 8.42 Å². The van der Waals surface area contributed by atoms with Gasteiger partial charge >= 0.3 is 0 Å². The van der Waals surface area contributed by atoms with E-state index >= 15 is 0 Å². The summed E-state index contributed by atoms with van der Waals surface area (Å²) in [6, 6.07) is 6.88. The number of aromatic nitrogens is 4. The van der Waals surface area contributed by atoms with E-state index in [1.54, 1.807) is 24.3 Å². The van der Waals surface area contributed by atoms with Crippen LogP contribution in [0.5, 0.6) is 0 Å². The van der Waals surface area contributed by atoms with Crippen LogP contribution in [0, 0.1) is 6.92 Å². The number of piperazine rings is 1. The van der Waals surface area contributed by atoms with Gasteiger partial charge < -0.3 is 4.90 Å². The summed E-state index contributed by atoms with van der Waals surface area (Å²) in [5, 5.41) is 11.9. The van der Waals surface area contributed by atoms with E-state index in [1.165, 1.54) is 4.68 Å². The summed E-state index contributed by atoms with van der Waals surface area (Å²) in [5.74, 6) is 0.371. The molecule has 0 amide bonds. The third kappa shape index (κ3) is 4.11. The minimum absolute atomic E-state index is 0.0203. The summed E-state index contributed by atoms with van der Waals surface area (Å²) in [6.07, 6.45) is 0.828. The first-order valence-corrected chi connectivity index (χ1v) is 10.5.